The molecule has 148 valence electrons. The van der Waals surface area contributed by atoms with E-state index in [4.69, 9.17) is 9.84 Å². The van der Waals surface area contributed by atoms with Crippen molar-refractivity contribution in [2.75, 3.05) is 20.2 Å². The van der Waals surface area contributed by atoms with Crippen LogP contribution in [-0.2, 0) is 11.3 Å². The van der Waals surface area contributed by atoms with Crippen molar-refractivity contribution < 1.29 is 9.13 Å². The topological polar surface area (TPSA) is 30.3 Å². The Labute approximate surface area is 169 Å². The van der Waals surface area contributed by atoms with Crippen molar-refractivity contribution in [3.63, 3.8) is 0 Å². The van der Waals surface area contributed by atoms with Gasteiger partial charge in [0.2, 0.25) is 0 Å². The third-order valence-corrected chi connectivity index (χ3v) is 6.41. The number of nitrogens with zero attached hydrogens (tertiary/aromatic N) is 3. The lowest BCUT2D eigenvalue weighted by Gasteiger charge is -2.31. The smallest absolute Gasteiger partial charge is 0.148 e. The quantitative estimate of drug-likeness (QED) is 0.607. The summed E-state index contributed by atoms with van der Waals surface area (Å²) in [5.74, 6) is -0.262. The highest BCUT2D eigenvalue weighted by molar-refractivity contribution is 7.12. The Morgan fingerprint density at radius 3 is 2.61 bits per heavy atom. The number of thiophene rings is 1. The van der Waals surface area contributed by atoms with Crippen LogP contribution >= 0.6 is 11.3 Å². The van der Waals surface area contributed by atoms with Crippen LogP contribution in [0.5, 0.6) is 0 Å². The number of piperidine rings is 1. The molecule has 0 unspecified atom stereocenters. The first kappa shape index (κ1) is 19.3. The monoisotopic (exact) mass is 399 g/mol. The fourth-order valence-corrected chi connectivity index (χ4v) is 4.85. The Morgan fingerprint density at radius 2 is 1.96 bits per heavy atom. The fourth-order valence-electron chi connectivity index (χ4n) is 3.92. The lowest BCUT2D eigenvalue weighted by atomic mass is 10.1. The van der Waals surface area contributed by atoms with Gasteiger partial charge in [0.05, 0.1) is 11.8 Å². The van der Waals surface area contributed by atoms with Crippen LogP contribution in [-0.4, -0.2) is 41.0 Å². The van der Waals surface area contributed by atoms with Gasteiger partial charge in [-0.1, -0.05) is 12.1 Å². The molecule has 3 aromatic rings. The largest absolute Gasteiger partial charge is 0.381 e. The molecule has 1 aliphatic rings. The molecule has 4 rings (SSSR count). The molecule has 0 N–H and O–H groups in total. The van der Waals surface area contributed by atoms with Gasteiger partial charge in [-0.25, -0.2) is 9.07 Å². The highest BCUT2D eigenvalue weighted by Crippen LogP contribution is 2.33. The summed E-state index contributed by atoms with van der Waals surface area (Å²) in [6.45, 7) is 7.07. The van der Waals surface area contributed by atoms with Gasteiger partial charge in [0.15, 0.2) is 0 Å². The van der Waals surface area contributed by atoms with Gasteiger partial charge in [0, 0.05) is 53.8 Å². The Balaban J connectivity index is 1.69. The molecule has 0 spiro atoms. The van der Waals surface area contributed by atoms with E-state index >= 15 is 0 Å². The summed E-state index contributed by atoms with van der Waals surface area (Å²) in [6.07, 6.45) is 4.44. The average molecular weight is 400 g/mol. The number of hydrogen-bond acceptors (Lipinski definition) is 4. The molecule has 0 aliphatic carbocycles. The van der Waals surface area contributed by atoms with E-state index in [1.807, 2.05) is 12.3 Å². The SMILES string of the molecule is COC1CCN(Cc2cn(-c3ccccc3F)nc2-c2cc(C)sc2C)CC1. The van der Waals surface area contributed by atoms with Crippen LogP contribution in [0.1, 0.15) is 28.2 Å². The van der Waals surface area contributed by atoms with E-state index in [1.54, 1.807) is 35.3 Å². The van der Waals surface area contributed by atoms with Crippen LogP contribution in [0.3, 0.4) is 0 Å². The summed E-state index contributed by atoms with van der Waals surface area (Å²) in [4.78, 5) is 4.95. The summed E-state index contributed by atoms with van der Waals surface area (Å²) in [6, 6.07) is 8.98. The first-order valence-corrected chi connectivity index (χ1v) is 10.5. The van der Waals surface area contributed by atoms with Gasteiger partial charge in [-0.15, -0.1) is 11.3 Å². The molecule has 0 amide bonds. The molecule has 28 heavy (non-hydrogen) atoms. The number of para-hydroxylation sites is 1. The van der Waals surface area contributed by atoms with E-state index in [9.17, 15) is 4.39 Å². The maximum atomic E-state index is 14.4. The molecule has 1 aromatic carbocycles. The Bertz CT molecular complexity index is 957. The highest BCUT2D eigenvalue weighted by atomic mass is 32.1. The maximum Gasteiger partial charge on any atom is 0.148 e. The second-order valence-electron chi connectivity index (χ2n) is 7.44. The molecule has 4 nitrogen and oxygen atoms in total. The number of aromatic nitrogens is 2. The van der Waals surface area contributed by atoms with Crippen LogP contribution in [0, 0.1) is 19.7 Å². The first-order valence-electron chi connectivity index (χ1n) is 9.71. The predicted molar refractivity (Wildman–Crippen MR) is 112 cm³/mol. The summed E-state index contributed by atoms with van der Waals surface area (Å²) in [7, 11) is 1.79. The van der Waals surface area contributed by atoms with Gasteiger partial charge >= 0.3 is 0 Å². The van der Waals surface area contributed by atoms with E-state index in [0.29, 0.717) is 11.8 Å². The Morgan fingerprint density at radius 1 is 1.21 bits per heavy atom. The third-order valence-electron chi connectivity index (χ3n) is 5.45. The van der Waals surface area contributed by atoms with Gasteiger partial charge in [0.25, 0.3) is 0 Å². The lowest BCUT2D eigenvalue weighted by Crippen LogP contribution is -2.36. The third kappa shape index (κ3) is 3.90. The van der Waals surface area contributed by atoms with Gasteiger partial charge in [-0.3, -0.25) is 4.90 Å². The average Bonchev–Trinajstić information content (AvgIpc) is 3.25. The Hall–Kier alpha value is -2.02. The van der Waals surface area contributed by atoms with Crippen LogP contribution < -0.4 is 0 Å². The number of methoxy groups -OCH3 is 1. The van der Waals surface area contributed by atoms with Crippen molar-refractivity contribution in [1.29, 1.82) is 0 Å². The molecular weight excluding hydrogens is 373 g/mol. The zero-order chi connectivity index (χ0) is 19.7. The minimum atomic E-state index is -0.262. The van der Waals surface area contributed by atoms with Gasteiger partial charge in [0.1, 0.15) is 11.5 Å². The number of ether oxygens (including phenoxy) is 1. The molecule has 3 heterocycles. The van der Waals surface area contributed by atoms with E-state index in [1.165, 1.54) is 15.8 Å². The van der Waals surface area contributed by atoms with Crippen LogP contribution in [0.25, 0.3) is 16.9 Å². The summed E-state index contributed by atoms with van der Waals surface area (Å²) >= 11 is 1.78. The molecule has 0 radical (unpaired) electrons. The van der Waals surface area contributed by atoms with Crippen molar-refractivity contribution in [2.45, 2.75) is 39.3 Å². The van der Waals surface area contributed by atoms with Crippen molar-refractivity contribution in [2.24, 2.45) is 0 Å². The van der Waals surface area contributed by atoms with Crippen molar-refractivity contribution in [1.82, 2.24) is 14.7 Å². The minimum absolute atomic E-state index is 0.262. The molecule has 1 fully saturated rings. The second kappa shape index (κ2) is 8.15. The number of benzene rings is 1. The normalized spacial score (nSPS) is 16.0. The molecule has 0 saturated carbocycles. The van der Waals surface area contributed by atoms with Crippen LogP contribution in [0.2, 0.25) is 0 Å². The summed E-state index contributed by atoms with van der Waals surface area (Å²) in [5, 5.41) is 4.81. The lowest BCUT2D eigenvalue weighted by molar-refractivity contribution is 0.0389. The standard InChI is InChI=1S/C22H26FN3OS/c1-15-12-19(16(2)28-15)22-17(13-25-10-8-18(27-3)9-11-25)14-26(24-22)21-7-5-4-6-20(21)23/h4-7,12,14,18H,8-11,13H2,1-3H3. The maximum absolute atomic E-state index is 14.4. The van der Waals surface area contributed by atoms with Gasteiger partial charge in [-0.05, 0) is 44.9 Å². The van der Waals surface area contributed by atoms with Crippen LogP contribution in [0.4, 0.5) is 4.39 Å². The van der Waals surface area contributed by atoms with Crippen molar-refractivity contribution in [3.05, 3.63) is 57.7 Å². The molecule has 6 heteroatoms. The van der Waals surface area contributed by atoms with Crippen LogP contribution in [0.15, 0.2) is 36.5 Å². The van der Waals surface area contributed by atoms with Crippen molar-refractivity contribution in [3.8, 4) is 16.9 Å². The van der Waals surface area contributed by atoms with E-state index in [-0.39, 0.29) is 5.82 Å². The minimum Gasteiger partial charge on any atom is -0.381 e. The van der Waals surface area contributed by atoms with Gasteiger partial charge < -0.3 is 4.74 Å². The highest BCUT2D eigenvalue weighted by Gasteiger charge is 2.22. The molecule has 1 aliphatic heterocycles. The zero-order valence-corrected chi connectivity index (χ0v) is 17.4. The summed E-state index contributed by atoms with van der Waals surface area (Å²) < 4.78 is 21.5. The molecular formula is C22H26FN3OS. The molecule has 0 atom stereocenters. The molecule has 1 saturated heterocycles. The number of halogens is 1. The Kier molecular flexibility index (Phi) is 5.62. The van der Waals surface area contributed by atoms with E-state index in [2.05, 4.69) is 24.8 Å². The summed E-state index contributed by atoms with van der Waals surface area (Å²) in [5.41, 5.74) is 3.73. The van der Waals surface area contributed by atoms with Gasteiger partial charge in [-0.2, -0.15) is 5.10 Å². The predicted octanol–water partition coefficient (Wildman–Crippen LogP) is 4.97. The number of hydrogen-bond donors (Lipinski definition) is 0. The zero-order valence-electron chi connectivity index (χ0n) is 16.6. The molecule has 2 aromatic heterocycles. The van der Waals surface area contributed by atoms with Crippen molar-refractivity contribution >= 4 is 11.3 Å². The molecule has 0 bridgehead atoms. The van der Waals surface area contributed by atoms with E-state index in [0.717, 1.165) is 49.3 Å². The number of likely N-dealkylation sites (tertiary alicyclic amines) is 1. The first-order chi connectivity index (χ1) is 13.5. The fraction of sp³-hybridized carbons (Fsp3) is 0.409. The van der Waals surface area contributed by atoms with E-state index < -0.39 is 0 Å². The number of aryl methyl sites for hydroxylation is 2. The number of rotatable bonds is 5. The second-order valence-corrected chi connectivity index (χ2v) is 8.90.